The maximum absolute atomic E-state index is 12.3. The van der Waals surface area contributed by atoms with Crippen LogP contribution in [0.3, 0.4) is 0 Å². The number of hydrogen-bond acceptors (Lipinski definition) is 5. The predicted molar refractivity (Wildman–Crippen MR) is 92.4 cm³/mol. The van der Waals surface area contributed by atoms with E-state index in [1.165, 1.54) is 5.01 Å². The van der Waals surface area contributed by atoms with Gasteiger partial charge in [-0.05, 0) is 24.8 Å². The average Bonchev–Trinajstić information content (AvgIpc) is 3.27. The molecule has 1 unspecified atom stereocenters. The summed E-state index contributed by atoms with van der Waals surface area (Å²) in [5, 5.41) is 7.54. The van der Waals surface area contributed by atoms with Crippen LogP contribution < -0.4 is 0 Å². The van der Waals surface area contributed by atoms with E-state index >= 15 is 0 Å². The van der Waals surface area contributed by atoms with Gasteiger partial charge in [0.1, 0.15) is 5.01 Å². The second-order valence-corrected chi connectivity index (χ2v) is 7.80. The molecule has 2 fully saturated rings. The third-order valence-corrected chi connectivity index (χ3v) is 6.03. The number of thiazole rings is 1. The van der Waals surface area contributed by atoms with Crippen LogP contribution in [-0.4, -0.2) is 55.6 Å². The van der Waals surface area contributed by atoms with Crippen LogP contribution in [-0.2, 0) is 17.9 Å². The van der Waals surface area contributed by atoms with Crippen LogP contribution in [0, 0.1) is 5.92 Å². The van der Waals surface area contributed by atoms with E-state index in [2.05, 4.69) is 19.9 Å². The quantitative estimate of drug-likeness (QED) is 0.849. The molecule has 1 amide bonds. The van der Waals surface area contributed by atoms with E-state index < -0.39 is 0 Å². The Morgan fingerprint density at radius 1 is 1.42 bits per heavy atom. The Bertz CT molecular complexity index is 671. The number of carbonyl (C=O) groups is 1. The highest BCUT2D eigenvalue weighted by Crippen LogP contribution is 2.36. The van der Waals surface area contributed by atoms with Crippen LogP contribution in [0.4, 0.5) is 0 Å². The monoisotopic (exact) mass is 345 g/mol. The fourth-order valence-electron chi connectivity index (χ4n) is 4.37. The lowest BCUT2D eigenvalue weighted by atomic mass is 9.92. The fraction of sp³-hybridized carbons (Fsp3) is 0.588. The zero-order valence-corrected chi connectivity index (χ0v) is 14.7. The van der Waals surface area contributed by atoms with E-state index in [-0.39, 0.29) is 11.9 Å². The van der Waals surface area contributed by atoms with Crippen molar-refractivity contribution in [3.63, 3.8) is 0 Å². The lowest BCUT2D eigenvalue weighted by molar-refractivity contribution is -0.133. The first-order valence-electron chi connectivity index (χ1n) is 8.58. The molecule has 2 aromatic rings. The molecule has 6 nitrogen and oxygen atoms in total. The molecule has 2 aliphatic heterocycles. The second-order valence-electron chi connectivity index (χ2n) is 6.82. The van der Waals surface area contributed by atoms with Gasteiger partial charge < -0.3 is 4.90 Å². The Kier molecular flexibility index (Phi) is 4.37. The molecule has 3 atom stereocenters. The molecule has 0 aliphatic carbocycles. The lowest BCUT2D eigenvalue weighted by Gasteiger charge is -2.38. The molecule has 4 heterocycles. The first kappa shape index (κ1) is 15.8. The van der Waals surface area contributed by atoms with Gasteiger partial charge in [-0.3, -0.25) is 14.4 Å². The van der Waals surface area contributed by atoms with Crippen molar-refractivity contribution in [2.45, 2.75) is 44.9 Å². The number of rotatable bonds is 4. The zero-order valence-electron chi connectivity index (χ0n) is 13.9. The van der Waals surface area contributed by atoms with Crippen LogP contribution in [0.2, 0.25) is 0 Å². The minimum absolute atomic E-state index is 0.202. The Balaban J connectivity index is 1.45. The summed E-state index contributed by atoms with van der Waals surface area (Å²) in [5.74, 6) is 0.760. The molecule has 128 valence electrons. The van der Waals surface area contributed by atoms with Crippen molar-refractivity contribution < 1.29 is 4.79 Å². The summed E-state index contributed by atoms with van der Waals surface area (Å²) in [7, 11) is 0. The predicted octanol–water partition coefficient (Wildman–Crippen LogP) is 1.85. The summed E-state index contributed by atoms with van der Waals surface area (Å²) < 4.78 is 1.95. The first-order valence-corrected chi connectivity index (χ1v) is 9.45. The minimum Gasteiger partial charge on any atom is -0.335 e. The van der Waals surface area contributed by atoms with E-state index in [4.69, 9.17) is 0 Å². The molecule has 2 aliphatic rings. The number of piperidine rings is 1. The van der Waals surface area contributed by atoms with Crippen LogP contribution in [0.25, 0.3) is 0 Å². The van der Waals surface area contributed by atoms with Gasteiger partial charge >= 0.3 is 0 Å². The van der Waals surface area contributed by atoms with E-state index in [0.717, 1.165) is 39.0 Å². The van der Waals surface area contributed by atoms with Crippen LogP contribution in [0.1, 0.15) is 24.8 Å². The van der Waals surface area contributed by atoms with Crippen molar-refractivity contribution in [1.29, 1.82) is 0 Å². The van der Waals surface area contributed by atoms with Crippen LogP contribution >= 0.6 is 11.3 Å². The normalized spacial score (nSPS) is 27.4. The summed E-state index contributed by atoms with van der Waals surface area (Å²) in [6.45, 7) is 5.54. The Labute approximate surface area is 146 Å². The van der Waals surface area contributed by atoms with E-state index in [0.29, 0.717) is 12.0 Å². The van der Waals surface area contributed by atoms with Gasteiger partial charge in [0.15, 0.2) is 0 Å². The number of fused-ring (bicyclic) bond motifs is 1. The molecule has 0 spiro atoms. The van der Waals surface area contributed by atoms with Crippen molar-refractivity contribution >= 4 is 17.2 Å². The first-order chi connectivity index (χ1) is 11.7. The highest BCUT2D eigenvalue weighted by molar-refractivity contribution is 7.09. The van der Waals surface area contributed by atoms with Gasteiger partial charge in [0.05, 0.1) is 19.1 Å². The van der Waals surface area contributed by atoms with Crippen molar-refractivity contribution in [3.8, 4) is 0 Å². The van der Waals surface area contributed by atoms with Crippen LogP contribution in [0.5, 0.6) is 0 Å². The van der Waals surface area contributed by atoms with Crippen molar-refractivity contribution in [2.75, 3.05) is 13.1 Å². The standard InChI is InChI=1S/C17H23N5OS/c1-13(23)22-15(11-21-6-2-4-19-21)9-14-10-20(7-3-16(14)22)12-17-18-5-8-24-17/h2,4-6,8,14-16H,3,7,9-12H2,1H3/t14-,15?,16+/m1/s1. The van der Waals surface area contributed by atoms with Crippen molar-refractivity contribution in [3.05, 3.63) is 35.0 Å². The number of nitrogens with zero attached hydrogens (tertiary/aromatic N) is 5. The Hall–Kier alpha value is -1.73. The largest absolute Gasteiger partial charge is 0.335 e. The van der Waals surface area contributed by atoms with E-state index in [1.54, 1.807) is 24.5 Å². The summed E-state index contributed by atoms with van der Waals surface area (Å²) >= 11 is 1.72. The maximum atomic E-state index is 12.3. The van der Waals surface area contributed by atoms with Gasteiger partial charge in [-0.25, -0.2) is 4.98 Å². The number of carbonyl (C=O) groups excluding carboxylic acids is 1. The fourth-order valence-corrected chi connectivity index (χ4v) is 5.03. The van der Waals surface area contributed by atoms with Gasteiger partial charge in [0.25, 0.3) is 0 Å². The molecule has 4 rings (SSSR count). The average molecular weight is 345 g/mol. The molecule has 0 saturated carbocycles. The topological polar surface area (TPSA) is 54.3 Å². The molecular weight excluding hydrogens is 322 g/mol. The number of amides is 1. The second kappa shape index (κ2) is 6.64. The molecule has 2 saturated heterocycles. The van der Waals surface area contributed by atoms with Gasteiger partial charge in [0, 0.05) is 50.0 Å². The number of aromatic nitrogens is 3. The third-order valence-electron chi connectivity index (χ3n) is 5.27. The lowest BCUT2D eigenvalue weighted by Crippen LogP contribution is -2.48. The summed E-state index contributed by atoms with van der Waals surface area (Å²) in [5.41, 5.74) is 0. The van der Waals surface area contributed by atoms with Crippen molar-refractivity contribution in [1.82, 2.24) is 24.6 Å². The number of likely N-dealkylation sites (tertiary alicyclic amines) is 2. The SMILES string of the molecule is CC(=O)N1C(Cn2cccn2)C[C@@H]2CN(Cc3nccs3)CC[C@@H]21. The molecule has 0 aromatic carbocycles. The molecule has 0 radical (unpaired) electrons. The summed E-state index contributed by atoms with van der Waals surface area (Å²) in [6, 6.07) is 2.59. The minimum atomic E-state index is 0.202. The molecular formula is C17H23N5OS. The highest BCUT2D eigenvalue weighted by Gasteiger charge is 2.45. The summed E-state index contributed by atoms with van der Waals surface area (Å²) in [6.07, 6.45) is 7.79. The third kappa shape index (κ3) is 3.10. The smallest absolute Gasteiger partial charge is 0.220 e. The molecule has 0 bridgehead atoms. The van der Waals surface area contributed by atoms with Crippen LogP contribution in [0.15, 0.2) is 30.0 Å². The van der Waals surface area contributed by atoms with Gasteiger partial charge in [-0.2, -0.15) is 5.10 Å². The van der Waals surface area contributed by atoms with E-state index in [9.17, 15) is 4.79 Å². The highest BCUT2D eigenvalue weighted by atomic mass is 32.1. The summed E-state index contributed by atoms with van der Waals surface area (Å²) in [4.78, 5) is 21.3. The Morgan fingerprint density at radius 3 is 3.04 bits per heavy atom. The van der Waals surface area contributed by atoms with Gasteiger partial charge in [-0.15, -0.1) is 11.3 Å². The molecule has 0 N–H and O–H groups in total. The molecule has 24 heavy (non-hydrogen) atoms. The zero-order chi connectivity index (χ0) is 16.5. The maximum Gasteiger partial charge on any atom is 0.220 e. The Morgan fingerprint density at radius 2 is 2.33 bits per heavy atom. The van der Waals surface area contributed by atoms with Crippen molar-refractivity contribution in [2.24, 2.45) is 5.92 Å². The number of hydrogen-bond donors (Lipinski definition) is 0. The van der Waals surface area contributed by atoms with Gasteiger partial charge in [0.2, 0.25) is 5.91 Å². The molecule has 7 heteroatoms. The van der Waals surface area contributed by atoms with E-state index in [1.807, 2.05) is 28.5 Å². The van der Waals surface area contributed by atoms with Gasteiger partial charge in [-0.1, -0.05) is 0 Å². The molecule has 2 aromatic heterocycles.